The fourth-order valence-corrected chi connectivity index (χ4v) is 5.51. The normalized spacial score (nSPS) is 22.2. The largest absolute Gasteiger partial charge is 0.498 e. The number of carbonyl (C=O) groups is 2. The number of fused-ring (bicyclic) bond motifs is 1. The van der Waals surface area contributed by atoms with Gasteiger partial charge in [0.2, 0.25) is 5.91 Å². The van der Waals surface area contributed by atoms with Crippen molar-refractivity contribution in [1.82, 2.24) is 4.98 Å². The molecule has 1 spiro atoms. The van der Waals surface area contributed by atoms with Gasteiger partial charge in [0.1, 0.15) is 5.76 Å². The van der Waals surface area contributed by atoms with E-state index in [2.05, 4.69) is 28.5 Å². The quantitative estimate of drug-likeness (QED) is 0.562. The number of carbonyl (C=O) groups excluding carboxylic acids is 1. The molecule has 3 aliphatic rings. The predicted molar refractivity (Wildman–Crippen MR) is 135 cm³/mol. The number of carboxylic acids is 1. The Morgan fingerprint density at radius 3 is 2.89 bits per heavy atom. The highest BCUT2D eigenvalue weighted by atomic mass is 16.5. The van der Waals surface area contributed by atoms with Crippen molar-refractivity contribution in [2.45, 2.75) is 51.9 Å². The summed E-state index contributed by atoms with van der Waals surface area (Å²) in [6.45, 7) is 2.59. The molecule has 2 aliphatic carbocycles. The van der Waals surface area contributed by atoms with Gasteiger partial charge in [-0.3, -0.25) is 14.6 Å². The summed E-state index contributed by atoms with van der Waals surface area (Å²) in [4.78, 5) is 28.8. The van der Waals surface area contributed by atoms with Gasteiger partial charge in [0, 0.05) is 41.8 Å². The van der Waals surface area contributed by atoms with Crippen molar-refractivity contribution >= 4 is 23.1 Å². The van der Waals surface area contributed by atoms with Crippen molar-refractivity contribution in [3.05, 3.63) is 76.3 Å². The molecule has 0 saturated heterocycles. The van der Waals surface area contributed by atoms with Crippen molar-refractivity contribution in [2.24, 2.45) is 11.3 Å². The molecule has 1 saturated carbocycles. The highest BCUT2D eigenvalue weighted by molar-refractivity contribution is 5.97. The summed E-state index contributed by atoms with van der Waals surface area (Å²) >= 11 is 0. The van der Waals surface area contributed by atoms with Gasteiger partial charge in [0.25, 0.3) is 0 Å². The smallest absolute Gasteiger partial charge is 0.303 e. The molecule has 1 fully saturated rings. The molecule has 0 radical (unpaired) electrons. The highest BCUT2D eigenvalue weighted by Crippen LogP contribution is 2.64. The van der Waals surface area contributed by atoms with Crippen molar-refractivity contribution in [3.8, 4) is 6.07 Å². The van der Waals surface area contributed by atoms with Crippen LogP contribution in [-0.4, -0.2) is 28.6 Å². The van der Waals surface area contributed by atoms with Crippen LogP contribution in [0.15, 0.2) is 53.9 Å². The molecule has 2 N–H and O–H groups in total. The lowest BCUT2D eigenvalue weighted by molar-refractivity contribution is -0.137. The monoisotopic (exact) mass is 483 g/mol. The van der Waals surface area contributed by atoms with Gasteiger partial charge in [-0.25, -0.2) is 0 Å². The summed E-state index contributed by atoms with van der Waals surface area (Å²) in [6, 6.07) is 11.4. The number of rotatable bonds is 7. The van der Waals surface area contributed by atoms with Crippen LogP contribution in [0.4, 0.5) is 5.69 Å². The van der Waals surface area contributed by atoms with Crippen LogP contribution in [0.3, 0.4) is 0 Å². The van der Waals surface area contributed by atoms with E-state index in [1.807, 2.05) is 19.2 Å². The standard InChI is InChI=1S/C29H29N3O4/c1-18-5-7-22(17-31-18)21-9-10-26-23(14-21)29(11-12-36-26)15-24(29)28(35)32-25-13-19(16-30)6-8-20(25)3-2-4-27(33)34/h5-8,13-14,17,24H,2-4,9-12,15H2,1H3,(H,32,35)(H,33,34)/t24-,29?/m0/s1. The minimum absolute atomic E-state index is 0.0568. The third-order valence-corrected chi connectivity index (χ3v) is 7.61. The maximum absolute atomic E-state index is 13.5. The molecule has 1 aromatic carbocycles. The minimum atomic E-state index is -0.848. The van der Waals surface area contributed by atoms with Crippen molar-refractivity contribution in [3.63, 3.8) is 0 Å². The van der Waals surface area contributed by atoms with E-state index in [0.717, 1.165) is 53.8 Å². The van der Waals surface area contributed by atoms with E-state index in [9.17, 15) is 14.9 Å². The maximum Gasteiger partial charge on any atom is 0.303 e. The third-order valence-electron chi connectivity index (χ3n) is 7.61. The van der Waals surface area contributed by atoms with E-state index in [-0.39, 0.29) is 23.7 Å². The first-order valence-electron chi connectivity index (χ1n) is 12.5. The summed E-state index contributed by atoms with van der Waals surface area (Å²) in [6.07, 6.45) is 8.43. The van der Waals surface area contributed by atoms with E-state index in [1.54, 1.807) is 18.2 Å². The molecular weight excluding hydrogens is 454 g/mol. The number of allylic oxidation sites excluding steroid dienone is 4. The zero-order valence-corrected chi connectivity index (χ0v) is 20.3. The molecule has 7 nitrogen and oxygen atoms in total. The van der Waals surface area contributed by atoms with Crippen molar-refractivity contribution in [2.75, 3.05) is 11.9 Å². The number of aromatic nitrogens is 1. The summed E-state index contributed by atoms with van der Waals surface area (Å²) < 4.78 is 6.02. The lowest BCUT2D eigenvalue weighted by Gasteiger charge is -2.32. The summed E-state index contributed by atoms with van der Waals surface area (Å²) in [5.41, 5.74) is 6.12. The topological polar surface area (TPSA) is 112 Å². The number of hydrogen-bond acceptors (Lipinski definition) is 5. The molecule has 36 heavy (non-hydrogen) atoms. The van der Waals surface area contributed by atoms with Gasteiger partial charge in [-0.1, -0.05) is 18.2 Å². The van der Waals surface area contributed by atoms with Gasteiger partial charge in [0.05, 0.1) is 18.2 Å². The van der Waals surface area contributed by atoms with Gasteiger partial charge in [-0.05, 0) is 79.5 Å². The van der Waals surface area contributed by atoms with Crippen LogP contribution >= 0.6 is 0 Å². The van der Waals surface area contributed by atoms with E-state index in [0.29, 0.717) is 30.7 Å². The average Bonchev–Trinajstić information content (AvgIpc) is 3.60. The lowest BCUT2D eigenvalue weighted by atomic mass is 9.80. The summed E-state index contributed by atoms with van der Waals surface area (Å²) in [5.74, 6) is -0.0770. The van der Waals surface area contributed by atoms with Crippen LogP contribution in [0, 0.1) is 29.6 Å². The molecule has 7 heteroatoms. The highest BCUT2D eigenvalue weighted by Gasteiger charge is 2.61. The number of pyridine rings is 1. The fraction of sp³-hybridized carbons (Fsp3) is 0.379. The van der Waals surface area contributed by atoms with Gasteiger partial charge in [0.15, 0.2) is 0 Å². The Labute approximate surface area is 210 Å². The molecule has 0 bridgehead atoms. The zero-order chi connectivity index (χ0) is 25.3. The Morgan fingerprint density at radius 1 is 1.28 bits per heavy atom. The molecule has 1 aromatic heterocycles. The fourth-order valence-electron chi connectivity index (χ4n) is 5.51. The van der Waals surface area contributed by atoms with Crippen LogP contribution in [0.5, 0.6) is 0 Å². The second kappa shape index (κ2) is 9.62. The van der Waals surface area contributed by atoms with Gasteiger partial charge < -0.3 is 15.2 Å². The molecule has 2 heterocycles. The average molecular weight is 484 g/mol. The Kier molecular flexibility index (Phi) is 6.36. The summed E-state index contributed by atoms with van der Waals surface area (Å²) in [5, 5.41) is 21.4. The number of benzene rings is 1. The van der Waals surface area contributed by atoms with E-state index in [1.165, 1.54) is 5.57 Å². The first-order valence-corrected chi connectivity index (χ1v) is 12.5. The number of nitriles is 1. The van der Waals surface area contributed by atoms with E-state index < -0.39 is 5.97 Å². The Hall–Kier alpha value is -3.92. The number of amides is 1. The lowest BCUT2D eigenvalue weighted by Crippen LogP contribution is -2.26. The Balaban J connectivity index is 1.36. The van der Waals surface area contributed by atoms with Crippen LogP contribution in [-0.2, 0) is 20.7 Å². The van der Waals surface area contributed by atoms with Crippen LogP contribution in [0.25, 0.3) is 5.57 Å². The van der Waals surface area contributed by atoms with Gasteiger partial charge in [-0.2, -0.15) is 5.26 Å². The number of ether oxygens (including phenoxy) is 1. The second-order valence-electron chi connectivity index (χ2n) is 9.93. The molecule has 1 unspecified atom stereocenters. The van der Waals surface area contributed by atoms with Crippen LogP contribution in [0.1, 0.15) is 60.9 Å². The van der Waals surface area contributed by atoms with Crippen molar-refractivity contribution < 1.29 is 19.4 Å². The first kappa shape index (κ1) is 23.8. The molecule has 1 aliphatic heterocycles. The number of anilines is 1. The van der Waals surface area contributed by atoms with Crippen molar-refractivity contribution in [1.29, 1.82) is 5.26 Å². The molecule has 1 amide bonds. The number of carboxylic acid groups (broad SMARTS) is 1. The molecule has 2 atom stereocenters. The predicted octanol–water partition coefficient (Wildman–Crippen LogP) is 5.17. The first-order chi connectivity index (χ1) is 17.4. The minimum Gasteiger partial charge on any atom is -0.498 e. The van der Waals surface area contributed by atoms with Crippen LogP contribution in [0.2, 0.25) is 0 Å². The zero-order valence-electron chi connectivity index (χ0n) is 20.3. The maximum atomic E-state index is 13.5. The SMILES string of the molecule is Cc1ccc(C2=CC3=C(CC2)OCCC32C[C@H]2C(=O)Nc2cc(C#N)ccc2CCCC(=O)O)cn1. The van der Waals surface area contributed by atoms with Gasteiger partial charge in [-0.15, -0.1) is 0 Å². The molecule has 184 valence electrons. The van der Waals surface area contributed by atoms with E-state index in [4.69, 9.17) is 9.84 Å². The number of aliphatic carboxylic acids is 1. The van der Waals surface area contributed by atoms with Gasteiger partial charge >= 0.3 is 5.97 Å². The Morgan fingerprint density at radius 2 is 2.14 bits per heavy atom. The number of hydrogen-bond donors (Lipinski definition) is 2. The Bertz CT molecular complexity index is 1320. The number of nitrogens with zero attached hydrogens (tertiary/aromatic N) is 2. The molecule has 5 rings (SSSR count). The third kappa shape index (κ3) is 4.64. The number of aryl methyl sites for hydroxylation is 2. The molecular formula is C29H29N3O4. The van der Waals surface area contributed by atoms with Crippen LogP contribution < -0.4 is 5.32 Å². The van der Waals surface area contributed by atoms with E-state index >= 15 is 0 Å². The second-order valence-corrected chi connectivity index (χ2v) is 9.93. The summed E-state index contributed by atoms with van der Waals surface area (Å²) in [7, 11) is 0. The molecule has 2 aromatic rings. The number of nitrogens with one attached hydrogen (secondary N) is 1.